The number of carbonyl (C=O) groups excluding carboxylic acids is 1. The molecule has 7 nitrogen and oxygen atoms in total. The van der Waals surface area contributed by atoms with Gasteiger partial charge in [-0.15, -0.1) is 0 Å². The number of ether oxygens (including phenoxy) is 2. The number of rotatable bonds is 11. The molecule has 1 aromatic heterocycles. The molecule has 0 aliphatic heterocycles. The molecule has 0 fully saturated rings. The zero-order chi connectivity index (χ0) is 22.3. The van der Waals surface area contributed by atoms with Crippen molar-refractivity contribution >= 4 is 47.7 Å². The van der Waals surface area contributed by atoms with Crippen LogP contribution in [0.4, 0.5) is 0 Å². The van der Waals surface area contributed by atoms with Crippen LogP contribution in [0.5, 0.6) is 5.75 Å². The maximum atomic E-state index is 12.8. The first kappa shape index (κ1) is 24.9. The zero-order valence-electron chi connectivity index (χ0n) is 17.4. The average Bonchev–Trinajstić information content (AvgIpc) is 2.69. The van der Waals surface area contributed by atoms with Gasteiger partial charge in [0.1, 0.15) is 5.75 Å². The van der Waals surface area contributed by atoms with E-state index in [1.807, 2.05) is 6.92 Å². The van der Waals surface area contributed by atoms with Crippen molar-refractivity contribution in [3.63, 3.8) is 0 Å². The van der Waals surface area contributed by atoms with Crippen molar-refractivity contribution in [3.05, 3.63) is 33.9 Å². The minimum atomic E-state index is -3.16. The summed E-state index contributed by atoms with van der Waals surface area (Å²) in [6, 6.07) is 4.67. The van der Waals surface area contributed by atoms with Gasteiger partial charge in [0.15, 0.2) is 5.69 Å². The Kier molecular flexibility index (Phi) is 9.38. The van der Waals surface area contributed by atoms with E-state index in [9.17, 15) is 9.36 Å². The van der Waals surface area contributed by atoms with E-state index < -0.39 is 13.6 Å². The number of fused-ring (bicyclic) bond motifs is 1. The fourth-order valence-corrected chi connectivity index (χ4v) is 5.32. The third-order valence-electron chi connectivity index (χ3n) is 4.37. The number of methoxy groups -OCH3 is 1. The number of esters is 1. The predicted octanol–water partition coefficient (Wildman–Crippen LogP) is 6.14. The van der Waals surface area contributed by atoms with E-state index >= 15 is 0 Å². The molecule has 0 aliphatic carbocycles. The van der Waals surface area contributed by atoms with Crippen LogP contribution in [0.15, 0.2) is 18.2 Å². The Morgan fingerprint density at radius 3 is 2.43 bits per heavy atom. The molecule has 1 aromatic carbocycles. The van der Waals surface area contributed by atoms with Crippen LogP contribution in [-0.4, -0.2) is 43.5 Å². The summed E-state index contributed by atoms with van der Waals surface area (Å²) < 4.78 is 34.3. The number of carbonyl (C=O) groups is 1. The Labute approximate surface area is 186 Å². The number of nitrogens with zero attached hydrogens (tertiary/aromatic N) is 1. The van der Waals surface area contributed by atoms with Crippen LogP contribution in [0.1, 0.15) is 44.1 Å². The molecule has 0 radical (unpaired) electrons. The first-order valence-electron chi connectivity index (χ1n) is 9.65. The highest BCUT2D eigenvalue weighted by molar-refractivity contribution is 7.54. The summed E-state index contributed by atoms with van der Waals surface area (Å²) in [7, 11) is -1.89. The van der Waals surface area contributed by atoms with E-state index in [2.05, 4.69) is 4.98 Å². The molecule has 0 saturated heterocycles. The predicted molar refractivity (Wildman–Crippen MR) is 118 cm³/mol. The fraction of sp³-hybridized carbons (Fsp3) is 0.500. The van der Waals surface area contributed by atoms with Crippen molar-refractivity contribution in [2.75, 3.05) is 26.9 Å². The summed E-state index contributed by atoms with van der Waals surface area (Å²) >= 11 is 12.4. The summed E-state index contributed by atoms with van der Waals surface area (Å²) in [5.74, 6) is -0.201. The second-order valence-electron chi connectivity index (χ2n) is 6.49. The maximum Gasteiger partial charge on any atom is 0.356 e. The molecule has 2 rings (SSSR count). The third kappa shape index (κ3) is 6.08. The Balaban J connectivity index is 2.17. The monoisotopic (exact) mass is 477 g/mol. The molecular formula is C20H26Cl2NO6P. The van der Waals surface area contributed by atoms with E-state index in [1.54, 1.807) is 26.0 Å². The second kappa shape index (κ2) is 11.3. The summed E-state index contributed by atoms with van der Waals surface area (Å²) in [4.78, 5) is 16.2. The average molecular weight is 478 g/mol. The van der Waals surface area contributed by atoms with Gasteiger partial charge in [0.2, 0.25) is 0 Å². The van der Waals surface area contributed by atoms with Gasteiger partial charge in [-0.25, -0.2) is 9.78 Å². The first-order valence-corrected chi connectivity index (χ1v) is 12.0. The van der Waals surface area contributed by atoms with E-state index in [0.717, 1.165) is 0 Å². The second-order valence-corrected chi connectivity index (χ2v) is 9.82. The quantitative estimate of drug-likeness (QED) is 0.218. The lowest BCUT2D eigenvalue weighted by atomic mass is 10.1. The van der Waals surface area contributed by atoms with Gasteiger partial charge in [0.05, 0.1) is 48.5 Å². The highest BCUT2D eigenvalue weighted by Crippen LogP contribution is 2.54. The van der Waals surface area contributed by atoms with Crippen LogP contribution in [0, 0.1) is 0 Å². The SMILES string of the molecule is CCOP(=O)(OCC)C(C)CCCOc1cc(C(=O)OC)nc2cc(Cl)cc(Cl)c12. The molecule has 0 aliphatic rings. The molecule has 30 heavy (non-hydrogen) atoms. The normalized spacial score (nSPS) is 12.7. The number of hydrogen-bond donors (Lipinski definition) is 0. The topological polar surface area (TPSA) is 84.0 Å². The zero-order valence-corrected chi connectivity index (χ0v) is 19.9. The van der Waals surface area contributed by atoms with Crippen LogP contribution in [0.2, 0.25) is 10.0 Å². The van der Waals surface area contributed by atoms with E-state index in [4.69, 9.17) is 41.7 Å². The van der Waals surface area contributed by atoms with Crippen molar-refractivity contribution in [1.82, 2.24) is 4.98 Å². The van der Waals surface area contributed by atoms with Gasteiger partial charge in [0.25, 0.3) is 0 Å². The van der Waals surface area contributed by atoms with Gasteiger partial charge in [-0.1, -0.05) is 30.1 Å². The van der Waals surface area contributed by atoms with Crippen molar-refractivity contribution < 1.29 is 27.9 Å². The smallest absolute Gasteiger partial charge is 0.356 e. The Bertz CT molecular complexity index is 929. The molecule has 1 unspecified atom stereocenters. The summed E-state index contributed by atoms with van der Waals surface area (Å²) in [6.45, 7) is 6.34. The highest BCUT2D eigenvalue weighted by atomic mass is 35.5. The molecule has 1 heterocycles. The number of aromatic nitrogens is 1. The van der Waals surface area contributed by atoms with Gasteiger partial charge < -0.3 is 18.5 Å². The molecule has 0 N–H and O–H groups in total. The number of halogens is 2. The lowest BCUT2D eigenvalue weighted by Crippen LogP contribution is -2.12. The van der Waals surface area contributed by atoms with Crippen LogP contribution in [0.3, 0.4) is 0 Å². The van der Waals surface area contributed by atoms with Crippen LogP contribution < -0.4 is 4.74 Å². The molecule has 2 aromatic rings. The highest BCUT2D eigenvalue weighted by Gasteiger charge is 2.31. The number of pyridine rings is 1. The van der Waals surface area contributed by atoms with Gasteiger partial charge in [-0.2, -0.15) is 0 Å². The third-order valence-corrected chi connectivity index (χ3v) is 7.46. The van der Waals surface area contributed by atoms with Crippen molar-refractivity contribution in [2.45, 2.75) is 39.3 Å². The Hall–Kier alpha value is -1.37. The minimum absolute atomic E-state index is 0.0869. The van der Waals surface area contributed by atoms with E-state index in [0.29, 0.717) is 59.4 Å². The largest absolute Gasteiger partial charge is 0.493 e. The Morgan fingerprint density at radius 2 is 1.83 bits per heavy atom. The van der Waals surface area contributed by atoms with E-state index in [1.165, 1.54) is 13.2 Å². The summed E-state index contributed by atoms with van der Waals surface area (Å²) in [5, 5.41) is 1.31. The molecule has 1 atom stereocenters. The van der Waals surface area contributed by atoms with Crippen LogP contribution in [0.25, 0.3) is 10.9 Å². The van der Waals surface area contributed by atoms with Crippen LogP contribution in [-0.2, 0) is 18.3 Å². The summed E-state index contributed by atoms with van der Waals surface area (Å²) in [6.07, 6.45) is 1.16. The summed E-state index contributed by atoms with van der Waals surface area (Å²) in [5.41, 5.74) is 0.239. The molecule has 0 spiro atoms. The molecule has 0 amide bonds. The van der Waals surface area contributed by atoms with Gasteiger partial charge in [0, 0.05) is 11.1 Å². The fourth-order valence-electron chi connectivity index (χ4n) is 2.94. The van der Waals surface area contributed by atoms with Crippen molar-refractivity contribution in [3.8, 4) is 5.75 Å². The van der Waals surface area contributed by atoms with Gasteiger partial charge in [-0.3, -0.25) is 4.57 Å². The van der Waals surface area contributed by atoms with Crippen LogP contribution >= 0.6 is 30.8 Å². The minimum Gasteiger partial charge on any atom is -0.493 e. The van der Waals surface area contributed by atoms with Gasteiger partial charge in [-0.05, 0) is 38.8 Å². The van der Waals surface area contributed by atoms with Gasteiger partial charge >= 0.3 is 13.6 Å². The maximum absolute atomic E-state index is 12.8. The Morgan fingerprint density at radius 1 is 1.17 bits per heavy atom. The molecular weight excluding hydrogens is 452 g/mol. The molecule has 166 valence electrons. The molecule has 0 saturated carbocycles. The first-order chi connectivity index (χ1) is 14.3. The number of benzene rings is 1. The lowest BCUT2D eigenvalue weighted by Gasteiger charge is -2.23. The van der Waals surface area contributed by atoms with E-state index in [-0.39, 0.29) is 11.4 Å². The lowest BCUT2D eigenvalue weighted by molar-refractivity contribution is 0.0594. The molecule has 10 heteroatoms. The van der Waals surface area contributed by atoms with Crippen molar-refractivity contribution in [2.24, 2.45) is 0 Å². The molecule has 0 bridgehead atoms. The van der Waals surface area contributed by atoms with Crippen molar-refractivity contribution in [1.29, 1.82) is 0 Å². The standard InChI is InChI=1S/C20H26Cl2NO6P/c1-5-28-30(25,29-6-2)13(3)8-7-9-27-18-12-17(20(24)26-4)23-16-11-14(21)10-15(22)19(16)18/h10-13H,5-9H2,1-4H3. The number of hydrogen-bond acceptors (Lipinski definition) is 7.